The van der Waals surface area contributed by atoms with Gasteiger partial charge in [0.25, 0.3) is 0 Å². The van der Waals surface area contributed by atoms with Gasteiger partial charge in [0, 0.05) is 17.7 Å². The van der Waals surface area contributed by atoms with E-state index in [0.717, 1.165) is 35.0 Å². The van der Waals surface area contributed by atoms with Crippen LogP contribution in [0, 0.1) is 0 Å². The Hall–Kier alpha value is -2.20. The third-order valence-electron chi connectivity index (χ3n) is 3.36. The molecule has 1 N–H and O–H groups in total. The van der Waals surface area contributed by atoms with Gasteiger partial charge >= 0.3 is 0 Å². The van der Waals surface area contributed by atoms with Crippen molar-refractivity contribution in [1.82, 2.24) is 10.3 Å². The van der Waals surface area contributed by atoms with E-state index < -0.39 is 0 Å². The van der Waals surface area contributed by atoms with E-state index in [9.17, 15) is 0 Å². The number of thiazole rings is 1. The lowest BCUT2D eigenvalue weighted by Gasteiger charge is -2.01. The third-order valence-corrected chi connectivity index (χ3v) is 4.42. The third kappa shape index (κ3) is 1.98. The molecular weight excluding hydrogens is 266 g/mol. The highest BCUT2D eigenvalue weighted by atomic mass is 32.1. The maximum atomic E-state index is 4.71. The van der Waals surface area contributed by atoms with Gasteiger partial charge in [0.2, 0.25) is 0 Å². The minimum absolute atomic E-state index is 0.866. The van der Waals surface area contributed by atoms with E-state index in [0.29, 0.717) is 0 Å². The van der Waals surface area contributed by atoms with E-state index in [1.807, 2.05) is 18.2 Å². The number of aliphatic imine (C=N–C) groups is 1. The second-order valence-electron chi connectivity index (χ2n) is 4.72. The fourth-order valence-corrected chi connectivity index (χ4v) is 3.38. The SMILES string of the molecule is c1ccc(-c2nc3ccc(C4=NCCN4)cc3s2)cc1. The fourth-order valence-electron chi connectivity index (χ4n) is 2.37. The summed E-state index contributed by atoms with van der Waals surface area (Å²) < 4.78 is 1.21. The Kier molecular flexibility index (Phi) is 2.74. The number of fused-ring (bicyclic) bond motifs is 1. The van der Waals surface area contributed by atoms with Crippen molar-refractivity contribution in [1.29, 1.82) is 0 Å². The number of nitrogens with zero attached hydrogens (tertiary/aromatic N) is 2. The molecule has 0 atom stereocenters. The number of benzene rings is 2. The van der Waals surface area contributed by atoms with Gasteiger partial charge in [-0.3, -0.25) is 4.99 Å². The Balaban J connectivity index is 1.80. The standard InChI is InChI=1S/C16H13N3S/c1-2-4-11(5-3-1)16-19-13-7-6-12(10-14(13)20-16)15-17-8-9-18-15/h1-7,10H,8-9H2,(H,17,18). The Morgan fingerprint density at radius 3 is 2.70 bits per heavy atom. The van der Waals surface area contributed by atoms with Gasteiger partial charge in [-0.05, 0) is 18.2 Å². The molecule has 3 aromatic rings. The van der Waals surface area contributed by atoms with Crippen LogP contribution in [0.25, 0.3) is 20.8 Å². The number of aromatic nitrogens is 1. The van der Waals surface area contributed by atoms with E-state index in [1.165, 1.54) is 10.3 Å². The average Bonchev–Trinajstić information content (AvgIpc) is 3.16. The number of nitrogens with one attached hydrogen (secondary N) is 1. The summed E-state index contributed by atoms with van der Waals surface area (Å²) in [5, 5.41) is 4.38. The first-order valence-electron chi connectivity index (χ1n) is 6.65. The monoisotopic (exact) mass is 279 g/mol. The van der Waals surface area contributed by atoms with Crippen LogP contribution in [0.15, 0.2) is 53.5 Å². The molecule has 0 aliphatic carbocycles. The molecule has 1 aromatic heterocycles. The predicted octanol–water partition coefficient (Wildman–Crippen LogP) is 3.31. The normalized spacial score (nSPS) is 14.3. The van der Waals surface area contributed by atoms with Crippen LogP contribution in [0.2, 0.25) is 0 Å². The summed E-state index contributed by atoms with van der Waals surface area (Å²) in [7, 11) is 0. The molecule has 98 valence electrons. The number of rotatable bonds is 2. The Bertz CT molecular complexity index is 790. The molecule has 0 amide bonds. The van der Waals surface area contributed by atoms with Crippen LogP contribution >= 0.6 is 11.3 Å². The van der Waals surface area contributed by atoms with Gasteiger partial charge < -0.3 is 5.32 Å². The minimum Gasteiger partial charge on any atom is -0.368 e. The molecule has 0 fully saturated rings. The van der Waals surface area contributed by atoms with Crippen molar-refractivity contribution < 1.29 is 0 Å². The van der Waals surface area contributed by atoms with Crippen molar-refractivity contribution >= 4 is 27.4 Å². The van der Waals surface area contributed by atoms with Gasteiger partial charge in [-0.1, -0.05) is 30.3 Å². The van der Waals surface area contributed by atoms with Crippen LogP contribution in [0.5, 0.6) is 0 Å². The lowest BCUT2D eigenvalue weighted by molar-refractivity contribution is 0.960. The van der Waals surface area contributed by atoms with Gasteiger partial charge in [0.1, 0.15) is 10.8 Å². The van der Waals surface area contributed by atoms with E-state index in [2.05, 4.69) is 40.6 Å². The molecule has 1 aliphatic rings. The van der Waals surface area contributed by atoms with Gasteiger partial charge in [-0.15, -0.1) is 11.3 Å². The van der Waals surface area contributed by atoms with Crippen molar-refractivity contribution in [3.05, 3.63) is 54.1 Å². The molecule has 0 unspecified atom stereocenters. The van der Waals surface area contributed by atoms with Gasteiger partial charge in [-0.2, -0.15) is 0 Å². The smallest absolute Gasteiger partial charge is 0.128 e. The minimum atomic E-state index is 0.866. The Morgan fingerprint density at radius 1 is 1.00 bits per heavy atom. The van der Waals surface area contributed by atoms with Crippen LogP contribution in [-0.4, -0.2) is 23.9 Å². The molecular formula is C16H13N3S. The molecule has 2 aromatic carbocycles. The molecule has 4 heteroatoms. The summed E-state index contributed by atoms with van der Waals surface area (Å²) >= 11 is 1.73. The number of hydrogen-bond donors (Lipinski definition) is 1. The van der Waals surface area contributed by atoms with Gasteiger partial charge in [-0.25, -0.2) is 4.98 Å². The van der Waals surface area contributed by atoms with Crippen LogP contribution < -0.4 is 5.32 Å². The van der Waals surface area contributed by atoms with E-state index in [4.69, 9.17) is 4.98 Å². The lowest BCUT2D eigenvalue weighted by Crippen LogP contribution is -2.19. The molecule has 3 nitrogen and oxygen atoms in total. The summed E-state index contributed by atoms with van der Waals surface area (Å²) in [5.74, 6) is 1.00. The Morgan fingerprint density at radius 2 is 1.90 bits per heavy atom. The average molecular weight is 279 g/mol. The first-order chi connectivity index (χ1) is 9.90. The highest BCUT2D eigenvalue weighted by Gasteiger charge is 2.11. The maximum absolute atomic E-state index is 4.71. The molecule has 2 heterocycles. The molecule has 0 saturated carbocycles. The van der Waals surface area contributed by atoms with Gasteiger partial charge in [0.05, 0.1) is 16.8 Å². The molecule has 0 radical (unpaired) electrons. The first-order valence-corrected chi connectivity index (χ1v) is 7.46. The highest BCUT2D eigenvalue weighted by Crippen LogP contribution is 2.30. The quantitative estimate of drug-likeness (QED) is 0.781. The fraction of sp³-hybridized carbons (Fsp3) is 0.125. The maximum Gasteiger partial charge on any atom is 0.128 e. The zero-order chi connectivity index (χ0) is 13.4. The molecule has 0 bridgehead atoms. The van der Waals surface area contributed by atoms with Crippen molar-refractivity contribution in [3.63, 3.8) is 0 Å². The summed E-state index contributed by atoms with van der Waals surface area (Å²) in [4.78, 5) is 9.18. The van der Waals surface area contributed by atoms with Crippen molar-refractivity contribution in [2.75, 3.05) is 13.1 Å². The van der Waals surface area contributed by atoms with Gasteiger partial charge in [0.15, 0.2) is 0 Å². The summed E-state index contributed by atoms with van der Waals surface area (Å²) in [6.07, 6.45) is 0. The van der Waals surface area contributed by atoms with E-state index >= 15 is 0 Å². The van der Waals surface area contributed by atoms with E-state index in [-0.39, 0.29) is 0 Å². The van der Waals surface area contributed by atoms with Crippen LogP contribution in [0.4, 0.5) is 0 Å². The van der Waals surface area contributed by atoms with Crippen molar-refractivity contribution in [3.8, 4) is 10.6 Å². The van der Waals surface area contributed by atoms with Crippen molar-refractivity contribution in [2.45, 2.75) is 0 Å². The highest BCUT2D eigenvalue weighted by molar-refractivity contribution is 7.21. The topological polar surface area (TPSA) is 37.3 Å². The zero-order valence-corrected chi connectivity index (χ0v) is 11.7. The van der Waals surface area contributed by atoms with Crippen LogP contribution in [0.3, 0.4) is 0 Å². The molecule has 4 rings (SSSR count). The molecule has 0 saturated heterocycles. The zero-order valence-electron chi connectivity index (χ0n) is 10.8. The Labute approximate surface area is 121 Å². The largest absolute Gasteiger partial charge is 0.368 e. The number of hydrogen-bond acceptors (Lipinski definition) is 4. The second-order valence-corrected chi connectivity index (χ2v) is 5.76. The molecule has 0 spiro atoms. The second kappa shape index (κ2) is 4.72. The molecule has 20 heavy (non-hydrogen) atoms. The lowest BCUT2D eigenvalue weighted by atomic mass is 10.2. The summed E-state index contributed by atoms with van der Waals surface area (Å²) in [6, 6.07) is 16.7. The van der Waals surface area contributed by atoms with Crippen LogP contribution in [-0.2, 0) is 0 Å². The summed E-state index contributed by atoms with van der Waals surface area (Å²) in [6.45, 7) is 1.80. The molecule has 1 aliphatic heterocycles. The first kappa shape index (κ1) is 11.6. The number of amidine groups is 1. The summed E-state index contributed by atoms with van der Waals surface area (Å²) in [5.41, 5.74) is 3.38. The van der Waals surface area contributed by atoms with Crippen molar-refractivity contribution in [2.24, 2.45) is 4.99 Å². The predicted molar refractivity (Wildman–Crippen MR) is 84.5 cm³/mol. The van der Waals surface area contributed by atoms with Crippen LogP contribution in [0.1, 0.15) is 5.56 Å². The van der Waals surface area contributed by atoms with E-state index in [1.54, 1.807) is 11.3 Å².